The highest BCUT2D eigenvalue weighted by Crippen LogP contribution is 2.36. The van der Waals surface area contributed by atoms with Gasteiger partial charge < -0.3 is 0 Å². The zero-order chi connectivity index (χ0) is 12.5. The van der Waals surface area contributed by atoms with E-state index in [9.17, 15) is 4.21 Å². The van der Waals surface area contributed by atoms with Gasteiger partial charge in [-0.2, -0.15) is 4.40 Å². The summed E-state index contributed by atoms with van der Waals surface area (Å²) in [6, 6.07) is 7.75. The first-order valence-corrected chi connectivity index (χ1v) is 6.97. The topological polar surface area (TPSA) is 78.2 Å². The van der Waals surface area contributed by atoms with Crippen molar-refractivity contribution in [2.24, 2.45) is 9.51 Å². The van der Waals surface area contributed by atoms with Crippen LogP contribution in [-0.4, -0.2) is 10.0 Å². The second-order valence-corrected chi connectivity index (χ2v) is 5.69. The SMILES string of the molecule is [N-]=[N+]=NC1=NS(=O)c2c(sc3ccccc23)C=C1. The van der Waals surface area contributed by atoms with E-state index in [2.05, 4.69) is 14.4 Å². The van der Waals surface area contributed by atoms with E-state index in [1.807, 2.05) is 24.3 Å². The van der Waals surface area contributed by atoms with Gasteiger partial charge in [0.25, 0.3) is 0 Å². The largest absolute Gasteiger partial charge is 0.229 e. The number of fused-ring (bicyclic) bond motifs is 3. The second kappa shape index (κ2) is 4.38. The molecule has 0 radical (unpaired) electrons. The van der Waals surface area contributed by atoms with Crippen molar-refractivity contribution in [2.45, 2.75) is 4.90 Å². The molecule has 3 rings (SSSR count). The van der Waals surface area contributed by atoms with Crippen LogP contribution in [0.25, 0.3) is 26.6 Å². The number of azide groups is 1. The monoisotopic (exact) mass is 274 g/mol. The molecule has 18 heavy (non-hydrogen) atoms. The maximum Gasteiger partial charge on any atom is 0.175 e. The Balaban J connectivity index is 2.27. The molecule has 88 valence electrons. The van der Waals surface area contributed by atoms with Gasteiger partial charge in [-0.3, -0.25) is 0 Å². The van der Waals surface area contributed by atoms with Gasteiger partial charge in [0, 0.05) is 19.9 Å². The first kappa shape index (κ1) is 11.2. The van der Waals surface area contributed by atoms with Crippen molar-refractivity contribution < 1.29 is 4.21 Å². The molecular weight excluding hydrogens is 268 g/mol. The van der Waals surface area contributed by atoms with E-state index >= 15 is 0 Å². The van der Waals surface area contributed by atoms with Crippen molar-refractivity contribution in [2.75, 3.05) is 0 Å². The Morgan fingerprint density at radius 1 is 1.33 bits per heavy atom. The minimum absolute atomic E-state index is 0.142. The summed E-state index contributed by atoms with van der Waals surface area (Å²) in [5.41, 5.74) is 8.38. The van der Waals surface area contributed by atoms with Crippen LogP contribution < -0.4 is 0 Å². The van der Waals surface area contributed by atoms with Crippen LogP contribution in [0.5, 0.6) is 0 Å². The Labute approximate surface area is 109 Å². The lowest BCUT2D eigenvalue weighted by Gasteiger charge is -1.94. The molecule has 1 atom stereocenters. The second-order valence-electron chi connectivity index (χ2n) is 3.51. The lowest BCUT2D eigenvalue weighted by Crippen LogP contribution is -1.90. The van der Waals surface area contributed by atoms with Gasteiger partial charge in [-0.05, 0) is 28.9 Å². The molecule has 0 fully saturated rings. The van der Waals surface area contributed by atoms with Crippen molar-refractivity contribution >= 4 is 44.3 Å². The molecule has 0 spiro atoms. The minimum Gasteiger partial charge on any atom is -0.229 e. The summed E-state index contributed by atoms with van der Waals surface area (Å²) in [4.78, 5) is 4.24. The van der Waals surface area contributed by atoms with Crippen LogP contribution in [-0.2, 0) is 11.0 Å². The Kier molecular flexibility index (Phi) is 2.71. The quantitative estimate of drug-likeness (QED) is 0.410. The highest BCUT2D eigenvalue weighted by Gasteiger charge is 2.18. The van der Waals surface area contributed by atoms with E-state index in [4.69, 9.17) is 5.53 Å². The fourth-order valence-electron chi connectivity index (χ4n) is 1.74. The highest BCUT2D eigenvalue weighted by molar-refractivity contribution is 7.84. The third kappa shape index (κ3) is 1.74. The van der Waals surface area contributed by atoms with Gasteiger partial charge in [-0.1, -0.05) is 18.2 Å². The molecule has 1 aromatic carbocycles. The fraction of sp³-hybridized carbons (Fsp3) is 0. The summed E-state index contributed by atoms with van der Waals surface area (Å²) in [5, 5.41) is 4.33. The molecule has 0 saturated carbocycles. The molecule has 0 amide bonds. The third-order valence-corrected chi connectivity index (χ3v) is 4.86. The molecule has 1 unspecified atom stereocenters. The van der Waals surface area contributed by atoms with Crippen LogP contribution in [0.2, 0.25) is 0 Å². The predicted molar refractivity (Wildman–Crippen MR) is 73.8 cm³/mol. The first-order chi connectivity index (χ1) is 8.79. The molecule has 0 bridgehead atoms. The number of rotatable bonds is 0. The third-order valence-electron chi connectivity index (χ3n) is 2.46. The summed E-state index contributed by atoms with van der Waals surface area (Å²) >= 11 is 1.55. The number of benzene rings is 1. The molecule has 0 aliphatic carbocycles. The number of nitrogens with zero attached hydrogens (tertiary/aromatic N) is 4. The molecule has 1 aliphatic heterocycles. The molecule has 1 aliphatic rings. The number of hydrogen-bond acceptors (Lipinski definition) is 3. The average Bonchev–Trinajstić information content (AvgIpc) is 2.67. The van der Waals surface area contributed by atoms with E-state index < -0.39 is 11.0 Å². The van der Waals surface area contributed by atoms with Gasteiger partial charge in [0.05, 0.1) is 4.90 Å². The van der Waals surface area contributed by atoms with Gasteiger partial charge >= 0.3 is 0 Å². The fourth-order valence-corrected chi connectivity index (χ4v) is 4.11. The highest BCUT2D eigenvalue weighted by atomic mass is 32.2. The Hall–Kier alpha value is -1.95. The molecule has 2 aromatic rings. The normalized spacial score (nSPS) is 17.8. The molecule has 0 saturated heterocycles. The molecule has 1 aromatic heterocycles. The van der Waals surface area contributed by atoms with E-state index in [1.165, 1.54) is 0 Å². The average molecular weight is 274 g/mol. The molecule has 5 nitrogen and oxygen atoms in total. The Bertz CT molecular complexity index is 768. The van der Waals surface area contributed by atoms with Crippen LogP contribution in [0.3, 0.4) is 0 Å². The maximum absolute atomic E-state index is 12.2. The molecular formula is C11H6N4OS2. The van der Waals surface area contributed by atoms with Gasteiger partial charge in [0.15, 0.2) is 11.0 Å². The van der Waals surface area contributed by atoms with Crippen LogP contribution in [0.1, 0.15) is 4.88 Å². The van der Waals surface area contributed by atoms with Gasteiger partial charge in [0.1, 0.15) is 5.84 Å². The van der Waals surface area contributed by atoms with E-state index in [-0.39, 0.29) is 5.84 Å². The summed E-state index contributed by atoms with van der Waals surface area (Å²) in [7, 11) is -1.54. The molecule has 0 N–H and O–H groups in total. The smallest absolute Gasteiger partial charge is 0.175 e. The zero-order valence-electron chi connectivity index (χ0n) is 8.98. The number of hydrogen-bond donors (Lipinski definition) is 0. The van der Waals surface area contributed by atoms with E-state index in [1.54, 1.807) is 23.5 Å². The van der Waals surface area contributed by atoms with Gasteiger partial charge in [-0.25, -0.2) is 4.21 Å². The zero-order valence-corrected chi connectivity index (χ0v) is 10.6. The van der Waals surface area contributed by atoms with Crippen molar-refractivity contribution in [1.82, 2.24) is 0 Å². The van der Waals surface area contributed by atoms with E-state index in [0.717, 1.165) is 15.0 Å². The molecule has 2 heterocycles. The van der Waals surface area contributed by atoms with Gasteiger partial charge in [-0.15, -0.1) is 11.3 Å². The number of amidine groups is 1. The lowest BCUT2D eigenvalue weighted by atomic mass is 10.2. The van der Waals surface area contributed by atoms with Crippen LogP contribution in [0.4, 0.5) is 0 Å². The van der Waals surface area contributed by atoms with Crippen molar-refractivity contribution in [1.29, 1.82) is 0 Å². The van der Waals surface area contributed by atoms with Crippen molar-refractivity contribution in [3.05, 3.63) is 45.7 Å². The maximum atomic E-state index is 12.2. The van der Waals surface area contributed by atoms with Crippen molar-refractivity contribution in [3.8, 4) is 0 Å². The Morgan fingerprint density at radius 3 is 3.00 bits per heavy atom. The van der Waals surface area contributed by atoms with Crippen molar-refractivity contribution in [3.63, 3.8) is 0 Å². The summed E-state index contributed by atoms with van der Waals surface area (Å²) in [6.07, 6.45) is 3.37. The summed E-state index contributed by atoms with van der Waals surface area (Å²) < 4.78 is 17.2. The van der Waals surface area contributed by atoms with Crippen LogP contribution >= 0.6 is 11.3 Å². The Morgan fingerprint density at radius 2 is 2.17 bits per heavy atom. The number of thiophene rings is 1. The lowest BCUT2D eigenvalue weighted by molar-refractivity contribution is 0.685. The first-order valence-electron chi connectivity index (χ1n) is 5.05. The van der Waals surface area contributed by atoms with Crippen LogP contribution in [0.15, 0.2) is 44.7 Å². The molecule has 7 heteroatoms. The summed E-state index contributed by atoms with van der Waals surface area (Å²) in [5.74, 6) is 0.142. The van der Waals surface area contributed by atoms with E-state index in [0.29, 0.717) is 4.90 Å². The van der Waals surface area contributed by atoms with Gasteiger partial charge in [0.2, 0.25) is 0 Å². The summed E-state index contributed by atoms with van der Waals surface area (Å²) in [6.45, 7) is 0. The predicted octanol–water partition coefficient (Wildman–Crippen LogP) is 3.66. The minimum atomic E-state index is -1.54. The standard InChI is InChI=1S/C11H6N4OS2/c12-15-13-10-6-5-9-11(18(16)14-10)7-3-1-2-4-8(7)17-9/h1-6H. The van der Waals surface area contributed by atoms with Crippen LogP contribution in [0, 0.1) is 0 Å².